The summed E-state index contributed by atoms with van der Waals surface area (Å²) in [6.07, 6.45) is 3.80. The predicted octanol–water partition coefficient (Wildman–Crippen LogP) is 0.206. The van der Waals surface area contributed by atoms with E-state index in [0.29, 0.717) is 13.0 Å². The number of carbonyl (C=O) groups excluding carboxylic acids is 1. The van der Waals surface area contributed by atoms with Crippen LogP contribution < -0.4 is 11.1 Å². The van der Waals surface area contributed by atoms with Crippen molar-refractivity contribution < 1.29 is 4.79 Å². The molecule has 1 atom stereocenters. The zero-order valence-electron chi connectivity index (χ0n) is 9.94. The van der Waals surface area contributed by atoms with Gasteiger partial charge in [-0.3, -0.25) is 9.48 Å². The highest BCUT2D eigenvalue weighted by Crippen LogP contribution is 1.97. The molecule has 1 amide bonds. The lowest BCUT2D eigenvalue weighted by Crippen LogP contribution is -2.27. The van der Waals surface area contributed by atoms with Crippen LogP contribution in [0.3, 0.4) is 0 Å². The zero-order valence-corrected chi connectivity index (χ0v) is 9.94. The topological polar surface area (TPSA) is 72.9 Å². The fourth-order valence-electron chi connectivity index (χ4n) is 1.42. The molecule has 5 heteroatoms. The zero-order chi connectivity index (χ0) is 12.0. The molecule has 0 bridgehead atoms. The van der Waals surface area contributed by atoms with Crippen LogP contribution in [0.15, 0.2) is 12.3 Å². The minimum absolute atomic E-state index is 0.0690. The molecule has 0 aliphatic carbocycles. The molecule has 0 fully saturated rings. The van der Waals surface area contributed by atoms with Gasteiger partial charge in [-0.2, -0.15) is 5.10 Å². The maximum atomic E-state index is 11.4. The normalized spacial score (nSPS) is 12.4. The van der Waals surface area contributed by atoms with Crippen molar-refractivity contribution in [1.29, 1.82) is 0 Å². The summed E-state index contributed by atoms with van der Waals surface area (Å²) in [5.74, 6) is 0.0690. The Morgan fingerprint density at radius 1 is 1.69 bits per heavy atom. The number of hydrogen-bond donors (Lipinski definition) is 2. The number of amides is 1. The SMILES string of the molecule is CC(N)CCC(=O)NCCc1ccnn1C. The Morgan fingerprint density at radius 3 is 3.00 bits per heavy atom. The minimum atomic E-state index is 0.0690. The maximum absolute atomic E-state index is 11.4. The van der Waals surface area contributed by atoms with Gasteiger partial charge in [0.05, 0.1) is 0 Å². The van der Waals surface area contributed by atoms with E-state index in [1.807, 2.05) is 24.7 Å². The van der Waals surface area contributed by atoms with Gasteiger partial charge in [-0.1, -0.05) is 0 Å². The molecular formula is C11H20N4O. The van der Waals surface area contributed by atoms with Crippen molar-refractivity contribution in [2.75, 3.05) is 6.54 Å². The summed E-state index contributed by atoms with van der Waals surface area (Å²) in [4.78, 5) is 11.4. The van der Waals surface area contributed by atoms with E-state index in [-0.39, 0.29) is 11.9 Å². The van der Waals surface area contributed by atoms with Gasteiger partial charge in [-0.05, 0) is 19.4 Å². The Labute approximate surface area is 96.0 Å². The van der Waals surface area contributed by atoms with Gasteiger partial charge in [-0.15, -0.1) is 0 Å². The van der Waals surface area contributed by atoms with Gasteiger partial charge in [0.2, 0.25) is 5.91 Å². The lowest BCUT2D eigenvalue weighted by Gasteiger charge is -2.07. The monoisotopic (exact) mass is 224 g/mol. The molecule has 1 unspecified atom stereocenters. The molecule has 0 aromatic carbocycles. The molecule has 5 nitrogen and oxygen atoms in total. The number of aromatic nitrogens is 2. The summed E-state index contributed by atoms with van der Waals surface area (Å²) in [6, 6.07) is 2.04. The van der Waals surface area contributed by atoms with Crippen molar-refractivity contribution in [2.24, 2.45) is 12.8 Å². The molecule has 0 aliphatic heterocycles. The summed E-state index contributed by atoms with van der Waals surface area (Å²) >= 11 is 0. The van der Waals surface area contributed by atoms with E-state index in [1.165, 1.54) is 0 Å². The molecule has 0 saturated carbocycles. The van der Waals surface area contributed by atoms with Crippen LogP contribution in [0, 0.1) is 0 Å². The Morgan fingerprint density at radius 2 is 2.44 bits per heavy atom. The average molecular weight is 224 g/mol. The van der Waals surface area contributed by atoms with Crippen molar-refractivity contribution in [3.8, 4) is 0 Å². The number of carbonyl (C=O) groups is 1. The van der Waals surface area contributed by atoms with Gasteiger partial charge in [0.15, 0.2) is 0 Å². The lowest BCUT2D eigenvalue weighted by atomic mass is 10.2. The first-order valence-corrected chi connectivity index (χ1v) is 5.58. The van der Waals surface area contributed by atoms with Crippen LogP contribution in [0.4, 0.5) is 0 Å². The van der Waals surface area contributed by atoms with E-state index in [4.69, 9.17) is 5.73 Å². The van der Waals surface area contributed by atoms with E-state index in [9.17, 15) is 4.79 Å². The second kappa shape index (κ2) is 6.27. The molecule has 3 N–H and O–H groups in total. The number of nitrogens with two attached hydrogens (primary N) is 1. The number of nitrogens with zero attached hydrogens (tertiary/aromatic N) is 2. The van der Waals surface area contributed by atoms with Gasteiger partial charge in [0, 0.05) is 44.4 Å². The van der Waals surface area contributed by atoms with Crippen LogP contribution in [-0.2, 0) is 18.3 Å². The summed E-state index contributed by atoms with van der Waals surface area (Å²) in [5, 5.41) is 6.93. The molecular weight excluding hydrogens is 204 g/mol. The Balaban J connectivity index is 2.16. The van der Waals surface area contributed by atoms with E-state index in [2.05, 4.69) is 10.4 Å². The van der Waals surface area contributed by atoms with Crippen molar-refractivity contribution in [3.63, 3.8) is 0 Å². The van der Waals surface area contributed by atoms with Crippen molar-refractivity contribution >= 4 is 5.91 Å². The third kappa shape index (κ3) is 4.44. The summed E-state index contributed by atoms with van der Waals surface area (Å²) in [7, 11) is 1.90. The van der Waals surface area contributed by atoms with Crippen LogP contribution in [0.5, 0.6) is 0 Å². The number of hydrogen-bond acceptors (Lipinski definition) is 3. The van der Waals surface area contributed by atoms with Crippen LogP contribution in [0.25, 0.3) is 0 Å². The second-order valence-corrected chi connectivity index (χ2v) is 4.06. The van der Waals surface area contributed by atoms with Crippen LogP contribution >= 0.6 is 0 Å². The molecule has 90 valence electrons. The highest BCUT2D eigenvalue weighted by molar-refractivity contribution is 5.75. The summed E-state index contributed by atoms with van der Waals surface area (Å²) in [5.41, 5.74) is 6.69. The molecule has 0 radical (unpaired) electrons. The van der Waals surface area contributed by atoms with Crippen LogP contribution in [0.1, 0.15) is 25.5 Å². The van der Waals surface area contributed by atoms with E-state index >= 15 is 0 Å². The van der Waals surface area contributed by atoms with Crippen molar-refractivity contribution in [1.82, 2.24) is 15.1 Å². The first-order valence-electron chi connectivity index (χ1n) is 5.58. The van der Waals surface area contributed by atoms with Gasteiger partial charge in [0.25, 0.3) is 0 Å². The molecule has 1 aromatic rings. The molecule has 16 heavy (non-hydrogen) atoms. The van der Waals surface area contributed by atoms with Crippen LogP contribution in [0.2, 0.25) is 0 Å². The Hall–Kier alpha value is -1.36. The first-order chi connectivity index (χ1) is 7.59. The standard InChI is InChI=1S/C11H20N4O/c1-9(12)3-4-11(16)13-7-5-10-6-8-14-15(10)2/h6,8-9H,3-5,7,12H2,1-2H3,(H,13,16). The third-order valence-electron chi connectivity index (χ3n) is 2.45. The van der Waals surface area contributed by atoms with Gasteiger partial charge in [-0.25, -0.2) is 0 Å². The molecule has 0 spiro atoms. The Bertz CT molecular complexity index is 332. The number of aryl methyl sites for hydroxylation is 1. The number of nitrogens with one attached hydrogen (secondary N) is 1. The van der Waals surface area contributed by atoms with Gasteiger partial charge in [0.1, 0.15) is 0 Å². The molecule has 0 saturated heterocycles. The molecule has 1 rings (SSSR count). The van der Waals surface area contributed by atoms with Gasteiger partial charge < -0.3 is 11.1 Å². The smallest absolute Gasteiger partial charge is 0.220 e. The highest BCUT2D eigenvalue weighted by atomic mass is 16.1. The minimum Gasteiger partial charge on any atom is -0.356 e. The number of rotatable bonds is 6. The van der Waals surface area contributed by atoms with E-state index in [1.54, 1.807) is 6.20 Å². The third-order valence-corrected chi connectivity index (χ3v) is 2.45. The molecule has 1 aromatic heterocycles. The summed E-state index contributed by atoms with van der Waals surface area (Å²) < 4.78 is 1.81. The quantitative estimate of drug-likeness (QED) is 0.725. The fourth-order valence-corrected chi connectivity index (χ4v) is 1.42. The fraction of sp³-hybridized carbons (Fsp3) is 0.636. The molecule has 0 aliphatic rings. The second-order valence-electron chi connectivity index (χ2n) is 4.06. The van der Waals surface area contributed by atoms with Crippen molar-refractivity contribution in [3.05, 3.63) is 18.0 Å². The lowest BCUT2D eigenvalue weighted by molar-refractivity contribution is -0.121. The summed E-state index contributed by atoms with van der Waals surface area (Å²) in [6.45, 7) is 2.56. The molecule has 1 heterocycles. The van der Waals surface area contributed by atoms with Crippen LogP contribution in [-0.4, -0.2) is 28.3 Å². The van der Waals surface area contributed by atoms with E-state index < -0.39 is 0 Å². The first kappa shape index (κ1) is 12.7. The van der Waals surface area contributed by atoms with Gasteiger partial charge >= 0.3 is 0 Å². The van der Waals surface area contributed by atoms with Crippen molar-refractivity contribution in [2.45, 2.75) is 32.2 Å². The predicted molar refractivity (Wildman–Crippen MR) is 62.8 cm³/mol. The van der Waals surface area contributed by atoms with E-state index in [0.717, 1.165) is 18.5 Å². The highest BCUT2D eigenvalue weighted by Gasteiger charge is 2.03. The Kier molecular flexibility index (Phi) is 4.98. The average Bonchev–Trinajstić information content (AvgIpc) is 2.61. The maximum Gasteiger partial charge on any atom is 0.220 e. The largest absolute Gasteiger partial charge is 0.356 e.